The summed E-state index contributed by atoms with van der Waals surface area (Å²) in [4.78, 5) is 29.2. The number of hydrogen-bond donors (Lipinski definition) is 2. The number of carboxylic acid groups (broad SMARTS) is 1. The fourth-order valence-electron chi connectivity index (χ4n) is 1.92. The highest BCUT2D eigenvalue weighted by Gasteiger charge is 2.29. The molecule has 0 radical (unpaired) electrons. The Labute approximate surface area is 89.5 Å². The van der Waals surface area contributed by atoms with E-state index in [9.17, 15) is 9.59 Å². The standard InChI is InChI=1S/C10H9N3O3/c14-9(15)6-3-11-4-7-8(6)13(5-1-2-5)10(16)12-7/h3-5H,1-2H2,(H,12,16)(H,14,15). The van der Waals surface area contributed by atoms with Gasteiger partial charge in [-0.2, -0.15) is 0 Å². The minimum Gasteiger partial charge on any atom is -0.478 e. The molecule has 2 aromatic heterocycles. The first kappa shape index (κ1) is 9.14. The topological polar surface area (TPSA) is 88.0 Å². The fourth-order valence-corrected chi connectivity index (χ4v) is 1.92. The molecule has 0 spiro atoms. The van der Waals surface area contributed by atoms with Crippen LogP contribution in [0.15, 0.2) is 17.2 Å². The number of pyridine rings is 1. The predicted molar refractivity (Wildman–Crippen MR) is 55.6 cm³/mol. The maximum Gasteiger partial charge on any atom is 0.339 e. The van der Waals surface area contributed by atoms with E-state index in [1.54, 1.807) is 0 Å². The molecule has 82 valence electrons. The highest BCUT2D eigenvalue weighted by molar-refractivity contribution is 6.00. The van der Waals surface area contributed by atoms with E-state index in [1.807, 2.05) is 0 Å². The lowest BCUT2D eigenvalue weighted by molar-refractivity contribution is 0.0698. The number of imidazole rings is 1. The normalized spacial score (nSPS) is 15.5. The summed E-state index contributed by atoms with van der Waals surface area (Å²) >= 11 is 0. The lowest BCUT2D eigenvalue weighted by atomic mass is 10.2. The number of carbonyl (C=O) groups is 1. The van der Waals surface area contributed by atoms with Gasteiger partial charge in [0.15, 0.2) is 0 Å². The van der Waals surface area contributed by atoms with Gasteiger partial charge < -0.3 is 10.1 Å². The first-order chi connectivity index (χ1) is 7.68. The highest BCUT2D eigenvalue weighted by Crippen LogP contribution is 2.36. The Kier molecular flexibility index (Phi) is 1.68. The Balaban J connectivity index is 2.43. The number of H-pyrrole nitrogens is 1. The van der Waals surface area contributed by atoms with Gasteiger partial charge in [-0.25, -0.2) is 9.59 Å². The maximum atomic E-state index is 11.7. The summed E-state index contributed by atoms with van der Waals surface area (Å²) in [6.07, 6.45) is 4.60. The van der Waals surface area contributed by atoms with Gasteiger partial charge in [-0.05, 0) is 12.8 Å². The summed E-state index contributed by atoms with van der Waals surface area (Å²) in [6, 6.07) is 0.141. The minimum absolute atomic E-state index is 0.0720. The van der Waals surface area contributed by atoms with Gasteiger partial charge in [-0.3, -0.25) is 9.55 Å². The minimum atomic E-state index is -1.06. The SMILES string of the molecule is O=C(O)c1cncc2[nH]c(=O)n(C3CC3)c12. The fraction of sp³-hybridized carbons (Fsp3) is 0.300. The van der Waals surface area contributed by atoms with Crippen molar-refractivity contribution in [2.24, 2.45) is 0 Å². The third-order valence-electron chi connectivity index (χ3n) is 2.76. The quantitative estimate of drug-likeness (QED) is 0.780. The number of hydrogen-bond acceptors (Lipinski definition) is 3. The van der Waals surface area contributed by atoms with E-state index >= 15 is 0 Å². The molecule has 16 heavy (non-hydrogen) atoms. The Bertz CT molecular complexity index is 636. The molecule has 0 amide bonds. The van der Waals surface area contributed by atoms with Gasteiger partial charge in [0.25, 0.3) is 0 Å². The summed E-state index contributed by atoms with van der Waals surface area (Å²) in [5.74, 6) is -1.06. The van der Waals surface area contributed by atoms with Gasteiger partial charge >= 0.3 is 11.7 Å². The Hall–Kier alpha value is -2.11. The van der Waals surface area contributed by atoms with Gasteiger partial charge in [0.2, 0.25) is 0 Å². The maximum absolute atomic E-state index is 11.7. The Morgan fingerprint density at radius 3 is 2.88 bits per heavy atom. The van der Waals surface area contributed by atoms with E-state index in [1.165, 1.54) is 17.0 Å². The van der Waals surface area contributed by atoms with E-state index in [4.69, 9.17) is 5.11 Å². The van der Waals surface area contributed by atoms with Crippen molar-refractivity contribution < 1.29 is 9.90 Å². The van der Waals surface area contributed by atoms with Crippen LogP contribution < -0.4 is 5.69 Å². The third kappa shape index (κ3) is 1.16. The number of rotatable bonds is 2. The molecule has 0 unspecified atom stereocenters. The van der Waals surface area contributed by atoms with Gasteiger partial charge in [0.1, 0.15) is 5.56 Å². The Morgan fingerprint density at radius 2 is 2.25 bits per heavy atom. The molecule has 2 heterocycles. The van der Waals surface area contributed by atoms with Crippen molar-refractivity contribution in [3.05, 3.63) is 28.4 Å². The number of aromatic amines is 1. The average molecular weight is 219 g/mol. The van der Waals surface area contributed by atoms with E-state index < -0.39 is 5.97 Å². The van der Waals surface area contributed by atoms with Crippen LogP contribution in [0.2, 0.25) is 0 Å². The van der Waals surface area contributed by atoms with Crippen molar-refractivity contribution >= 4 is 17.0 Å². The van der Waals surface area contributed by atoms with Crippen molar-refractivity contribution in [1.29, 1.82) is 0 Å². The molecular formula is C10H9N3O3. The number of aromatic nitrogens is 3. The zero-order valence-corrected chi connectivity index (χ0v) is 8.30. The lowest BCUT2D eigenvalue weighted by Gasteiger charge is -2.02. The first-order valence-corrected chi connectivity index (χ1v) is 5.00. The van der Waals surface area contributed by atoms with E-state index in [0.717, 1.165) is 12.8 Å². The first-order valence-electron chi connectivity index (χ1n) is 5.00. The van der Waals surface area contributed by atoms with Crippen LogP contribution in [0.4, 0.5) is 0 Å². The summed E-state index contributed by atoms with van der Waals surface area (Å²) in [5.41, 5.74) is 0.752. The lowest BCUT2D eigenvalue weighted by Crippen LogP contribution is -2.16. The molecule has 2 N–H and O–H groups in total. The van der Waals surface area contributed by atoms with E-state index in [-0.39, 0.29) is 17.3 Å². The monoisotopic (exact) mass is 219 g/mol. The zero-order valence-electron chi connectivity index (χ0n) is 8.30. The van der Waals surface area contributed by atoms with Gasteiger partial charge in [-0.1, -0.05) is 0 Å². The molecule has 0 aliphatic heterocycles. The Morgan fingerprint density at radius 1 is 1.50 bits per heavy atom. The second-order valence-electron chi connectivity index (χ2n) is 3.92. The van der Waals surface area contributed by atoms with Crippen molar-refractivity contribution in [3.8, 4) is 0 Å². The van der Waals surface area contributed by atoms with Crippen LogP contribution >= 0.6 is 0 Å². The summed E-state index contributed by atoms with van der Waals surface area (Å²) in [7, 11) is 0. The third-order valence-corrected chi connectivity index (χ3v) is 2.76. The second kappa shape index (κ2) is 2.94. The zero-order chi connectivity index (χ0) is 11.3. The van der Waals surface area contributed by atoms with Crippen LogP contribution in [0, 0.1) is 0 Å². The molecule has 6 heteroatoms. The molecular weight excluding hydrogens is 210 g/mol. The van der Waals surface area contributed by atoms with E-state index in [0.29, 0.717) is 11.0 Å². The second-order valence-corrected chi connectivity index (χ2v) is 3.92. The van der Waals surface area contributed by atoms with E-state index in [2.05, 4.69) is 9.97 Å². The summed E-state index contributed by atoms with van der Waals surface area (Å²) < 4.78 is 1.53. The predicted octanol–water partition coefficient (Wildman–Crippen LogP) is 0.758. The summed E-state index contributed by atoms with van der Waals surface area (Å²) in [5, 5.41) is 9.05. The molecule has 3 rings (SSSR count). The van der Waals surface area contributed by atoms with Crippen LogP contribution in [0.25, 0.3) is 11.0 Å². The largest absolute Gasteiger partial charge is 0.478 e. The smallest absolute Gasteiger partial charge is 0.339 e. The number of aromatic carboxylic acids is 1. The molecule has 6 nitrogen and oxygen atoms in total. The van der Waals surface area contributed by atoms with Crippen LogP contribution in [0.3, 0.4) is 0 Å². The van der Waals surface area contributed by atoms with Crippen LogP contribution in [-0.2, 0) is 0 Å². The number of fused-ring (bicyclic) bond motifs is 1. The molecule has 0 aromatic carbocycles. The highest BCUT2D eigenvalue weighted by atomic mass is 16.4. The molecule has 1 aliphatic carbocycles. The van der Waals surface area contributed by atoms with Gasteiger partial charge in [0, 0.05) is 12.2 Å². The van der Waals surface area contributed by atoms with Crippen LogP contribution in [-0.4, -0.2) is 25.6 Å². The molecule has 0 saturated heterocycles. The molecule has 0 bridgehead atoms. The summed E-state index contributed by atoms with van der Waals surface area (Å²) in [6.45, 7) is 0. The van der Waals surface area contributed by atoms with Crippen molar-refractivity contribution in [2.45, 2.75) is 18.9 Å². The molecule has 1 fully saturated rings. The van der Waals surface area contributed by atoms with Crippen molar-refractivity contribution in [1.82, 2.24) is 14.5 Å². The van der Waals surface area contributed by atoms with Gasteiger partial charge in [-0.15, -0.1) is 0 Å². The van der Waals surface area contributed by atoms with Crippen LogP contribution in [0.5, 0.6) is 0 Å². The number of nitrogens with zero attached hydrogens (tertiary/aromatic N) is 2. The van der Waals surface area contributed by atoms with Crippen LogP contribution in [0.1, 0.15) is 29.2 Å². The van der Waals surface area contributed by atoms with Crippen molar-refractivity contribution in [2.75, 3.05) is 0 Å². The number of carboxylic acids is 1. The molecule has 0 atom stereocenters. The molecule has 2 aromatic rings. The number of nitrogens with one attached hydrogen (secondary N) is 1. The van der Waals surface area contributed by atoms with Crippen molar-refractivity contribution in [3.63, 3.8) is 0 Å². The average Bonchev–Trinajstić information content (AvgIpc) is 3.00. The molecule has 1 saturated carbocycles. The molecule has 1 aliphatic rings. The van der Waals surface area contributed by atoms with Gasteiger partial charge in [0.05, 0.1) is 17.2 Å².